The van der Waals surface area contributed by atoms with Gasteiger partial charge in [0.15, 0.2) is 0 Å². The smallest absolute Gasteiger partial charge is 0.229 e. The van der Waals surface area contributed by atoms with Crippen molar-refractivity contribution >= 4 is 17.5 Å². The zero-order valence-corrected chi connectivity index (χ0v) is 16.7. The number of methoxy groups -OCH3 is 2. The summed E-state index contributed by atoms with van der Waals surface area (Å²) in [5.41, 5.74) is 4.10. The first-order chi connectivity index (χ1) is 13.6. The summed E-state index contributed by atoms with van der Waals surface area (Å²) in [6.07, 6.45) is 0.890. The van der Waals surface area contributed by atoms with Crippen molar-refractivity contribution in [3.63, 3.8) is 0 Å². The van der Waals surface area contributed by atoms with Crippen LogP contribution in [0, 0.1) is 13.8 Å². The van der Waals surface area contributed by atoms with Crippen LogP contribution in [0.2, 0.25) is 0 Å². The zero-order chi connectivity index (χ0) is 19.9. The molecule has 3 rings (SSSR count). The van der Waals surface area contributed by atoms with Gasteiger partial charge in [-0.05, 0) is 55.7 Å². The molecule has 3 aromatic rings. The van der Waals surface area contributed by atoms with E-state index in [1.165, 1.54) is 5.56 Å². The fraction of sp³-hybridized carbons (Fsp3) is 0.273. The van der Waals surface area contributed by atoms with Crippen LogP contribution in [0.3, 0.4) is 0 Å². The predicted octanol–water partition coefficient (Wildman–Crippen LogP) is 4.51. The van der Waals surface area contributed by atoms with Gasteiger partial charge in [0.05, 0.1) is 19.9 Å². The largest absolute Gasteiger partial charge is 0.497 e. The van der Waals surface area contributed by atoms with E-state index in [1.807, 2.05) is 50.2 Å². The Morgan fingerprint density at radius 3 is 2.39 bits per heavy atom. The number of hydrogen-bond acceptors (Lipinski definition) is 6. The molecule has 0 aliphatic carbocycles. The van der Waals surface area contributed by atoms with E-state index in [0.29, 0.717) is 5.95 Å². The maximum Gasteiger partial charge on any atom is 0.229 e. The molecule has 2 aromatic carbocycles. The third-order valence-electron chi connectivity index (χ3n) is 4.33. The fourth-order valence-corrected chi connectivity index (χ4v) is 2.88. The predicted molar refractivity (Wildman–Crippen MR) is 113 cm³/mol. The topological polar surface area (TPSA) is 68.3 Å². The normalized spacial score (nSPS) is 10.4. The number of ether oxygens (including phenoxy) is 2. The number of rotatable bonds is 8. The van der Waals surface area contributed by atoms with Crippen LogP contribution in [0.15, 0.2) is 48.5 Å². The molecule has 0 spiro atoms. The van der Waals surface area contributed by atoms with Crippen molar-refractivity contribution in [1.82, 2.24) is 9.97 Å². The SMILES string of the molecule is COc1ccc(CCNc2cc(C)nc(Nc3cc(C)ccc3OC)n2)cc1. The van der Waals surface area contributed by atoms with Gasteiger partial charge in [-0.2, -0.15) is 4.98 Å². The van der Waals surface area contributed by atoms with Crippen molar-refractivity contribution in [3.05, 3.63) is 65.4 Å². The van der Waals surface area contributed by atoms with E-state index in [1.54, 1.807) is 14.2 Å². The van der Waals surface area contributed by atoms with Crippen LogP contribution in [-0.2, 0) is 6.42 Å². The summed E-state index contributed by atoms with van der Waals surface area (Å²) >= 11 is 0. The lowest BCUT2D eigenvalue weighted by Crippen LogP contribution is -2.09. The maximum absolute atomic E-state index is 5.42. The molecule has 0 saturated heterocycles. The summed E-state index contributed by atoms with van der Waals surface area (Å²) in [6.45, 7) is 4.76. The van der Waals surface area contributed by atoms with Gasteiger partial charge in [-0.25, -0.2) is 4.98 Å². The third-order valence-corrected chi connectivity index (χ3v) is 4.33. The number of anilines is 3. The first kappa shape index (κ1) is 19.5. The zero-order valence-electron chi connectivity index (χ0n) is 16.7. The molecule has 2 N–H and O–H groups in total. The van der Waals surface area contributed by atoms with Gasteiger partial charge in [-0.15, -0.1) is 0 Å². The highest BCUT2D eigenvalue weighted by Crippen LogP contribution is 2.27. The number of nitrogens with one attached hydrogen (secondary N) is 2. The van der Waals surface area contributed by atoms with Crippen LogP contribution in [0.5, 0.6) is 11.5 Å². The lowest BCUT2D eigenvalue weighted by molar-refractivity contribution is 0.414. The van der Waals surface area contributed by atoms with Crippen LogP contribution >= 0.6 is 0 Å². The van der Waals surface area contributed by atoms with E-state index in [4.69, 9.17) is 9.47 Å². The average Bonchev–Trinajstić information content (AvgIpc) is 2.68. The third kappa shape index (κ3) is 5.13. The summed E-state index contributed by atoms with van der Waals surface area (Å²) in [6, 6.07) is 16.0. The first-order valence-corrected chi connectivity index (χ1v) is 9.21. The highest BCUT2D eigenvalue weighted by atomic mass is 16.5. The lowest BCUT2D eigenvalue weighted by atomic mass is 10.1. The van der Waals surface area contributed by atoms with Crippen molar-refractivity contribution in [3.8, 4) is 11.5 Å². The lowest BCUT2D eigenvalue weighted by Gasteiger charge is -2.13. The molecule has 28 heavy (non-hydrogen) atoms. The highest BCUT2D eigenvalue weighted by molar-refractivity contribution is 5.64. The Morgan fingerprint density at radius 1 is 0.893 bits per heavy atom. The van der Waals surface area contributed by atoms with E-state index >= 15 is 0 Å². The summed E-state index contributed by atoms with van der Waals surface area (Å²) in [4.78, 5) is 9.07. The first-order valence-electron chi connectivity index (χ1n) is 9.21. The van der Waals surface area contributed by atoms with Crippen LogP contribution < -0.4 is 20.1 Å². The molecule has 6 nitrogen and oxygen atoms in total. The minimum atomic E-state index is 0.538. The molecule has 0 aliphatic heterocycles. The molecule has 0 saturated carbocycles. The molecule has 0 radical (unpaired) electrons. The van der Waals surface area contributed by atoms with Crippen LogP contribution in [-0.4, -0.2) is 30.7 Å². The second kappa shape index (κ2) is 9.08. The van der Waals surface area contributed by atoms with Crippen LogP contribution in [0.1, 0.15) is 16.8 Å². The van der Waals surface area contributed by atoms with Gasteiger partial charge in [0.2, 0.25) is 5.95 Å². The van der Waals surface area contributed by atoms with Crippen molar-refractivity contribution in [2.24, 2.45) is 0 Å². The number of benzene rings is 2. The molecular formula is C22H26N4O2. The van der Waals surface area contributed by atoms with Crippen molar-refractivity contribution in [1.29, 1.82) is 0 Å². The van der Waals surface area contributed by atoms with Gasteiger partial charge < -0.3 is 20.1 Å². The molecule has 0 aliphatic rings. The quantitative estimate of drug-likeness (QED) is 0.601. The highest BCUT2D eigenvalue weighted by Gasteiger charge is 2.07. The summed E-state index contributed by atoms with van der Waals surface area (Å²) in [5.74, 6) is 2.95. The Kier molecular flexibility index (Phi) is 6.32. The number of nitrogens with zero attached hydrogens (tertiary/aromatic N) is 2. The van der Waals surface area contributed by atoms with E-state index in [9.17, 15) is 0 Å². The summed E-state index contributed by atoms with van der Waals surface area (Å²) in [7, 11) is 3.32. The van der Waals surface area contributed by atoms with Gasteiger partial charge in [-0.3, -0.25) is 0 Å². The van der Waals surface area contributed by atoms with E-state index in [2.05, 4.69) is 32.7 Å². The van der Waals surface area contributed by atoms with Crippen LogP contribution in [0.4, 0.5) is 17.5 Å². The number of hydrogen-bond donors (Lipinski definition) is 2. The molecule has 0 fully saturated rings. The average molecular weight is 378 g/mol. The Bertz CT molecular complexity index is 926. The van der Waals surface area contributed by atoms with E-state index in [-0.39, 0.29) is 0 Å². The number of aryl methyl sites for hydroxylation is 2. The van der Waals surface area contributed by atoms with Crippen molar-refractivity contribution in [2.45, 2.75) is 20.3 Å². The molecule has 1 heterocycles. The standard InChI is InChI=1S/C22H26N4O2/c1-15-5-10-20(28-4)19(13-15)25-22-24-16(2)14-21(26-22)23-12-11-17-6-8-18(27-3)9-7-17/h5-10,13-14H,11-12H2,1-4H3,(H2,23,24,25,26). The monoisotopic (exact) mass is 378 g/mol. The maximum atomic E-state index is 5.42. The Morgan fingerprint density at radius 2 is 1.68 bits per heavy atom. The van der Waals surface area contributed by atoms with Gasteiger partial charge in [0.25, 0.3) is 0 Å². The Balaban J connectivity index is 1.66. The van der Waals surface area contributed by atoms with Crippen molar-refractivity contribution in [2.75, 3.05) is 31.4 Å². The molecule has 1 aromatic heterocycles. The second-order valence-corrected chi connectivity index (χ2v) is 6.57. The molecule has 0 unspecified atom stereocenters. The minimum absolute atomic E-state index is 0.538. The van der Waals surface area contributed by atoms with E-state index < -0.39 is 0 Å². The number of aromatic nitrogens is 2. The summed E-state index contributed by atoms with van der Waals surface area (Å²) < 4.78 is 10.6. The van der Waals surface area contributed by atoms with Gasteiger partial charge in [0, 0.05) is 18.3 Å². The molecule has 0 amide bonds. The van der Waals surface area contributed by atoms with Gasteiger partial charge in [-0.1, -0.05) is 18.2 Å². The molecule has 0 atom stereocenters. The van der Waals surface area contributed by atoms with Gasteiger partial charge in [0.1, 0.15) is 17.3 Å². The molecule has 6 heteroatoms. The minimum Gasteiger partial charge on any atom is -0.497 e. The van der Waals surface area contributed by atoms with Gasteiger partial charge >= 0.3 is 0 Å². The Hall–Kier alpha value is -3.28. The molecule has 146 valence electrons. The summed E-state index contributed by atoms with van der Waals surface area (Å²) in [5, 5.41) is 6.64. The molecule has 0 bridgehead atoms. The Labute approximate surface area is 166 Å². The molecular weight excluding hydrogens is 352 g/mol. The fourth-order valence-electron chi connectivity index (χ4n) is 2.88. The van der Waals surface area contributed by atoms with Crippen LogP contribution in [0.25, 0.3) is 0 Å². The van der Waals surface area contributed by atoms with E-state index in [0.717, 1.165) is 47.2 Å². The van der Waals surface area contributed by atoms with Crippen molar-refractivity contribution < 1.29 is 9.47 Å². The second-order valence-electron chi connectivity index (χ2n) is 6.57.